The Morgan fingerprint density at radius 1 is 1.38 bits per heavy atom. The van der Waals surface area contributed by atoms with Gasteiger partial charge in [-0.1, -0.05) is 6.92 Å². The molecule has 1 saturated heterocycles. The van der Waals surface area contributed by atoms with Gasteiger partial charge in [-0.25, -0.2) is 0 Å². The molecule has 1 aliphatic carbocycles. The van der Waals surface area contributed by atoms with Crippen molar-refractivity contribution in [2.45, 2.75) is 57.0 Å². The van der Waals surface area contributed by atoms with Gasteiger partial charge in [0.1, 0.15) is 5.54 Å². The minimum Gasteiger partial charge on any atom is -0.480 e. The van der Waals surface area contributed by atoms with Gasteiger partial charge in [0.2, 0.25) is 0 Å². The average molecular weight is 298 g/mol. The highest BCUT2D eigenvalue weighted by Gasteiger charge is 2.46. The summed E-state index contributed by atoms with van der Waals surface area (Å²) in [6.45, 7) is 5.67. The first kappa shape index (κ1) is 16.7. The molecule has 5 heteroatoms. The third-order valence-electron chi connectivity index (χ3n) is 5.12. The van der Waals surface area contributed by atoms with Crippen LogP contribution in [0.25, 0.3) is 0 Å². The predicted molar refractivity (Wildman–Crippen MR) is 82.5 cm³/mol. The van der Waals surface area contributed by atoms with E-state index in [-0.39, 0.29) is 0 Å². The summed E-state index contributed by atoms with van der Waals surface area (Å²) in [5, 5.41) is 12.9. The molecule has 21 heavy (non-hydrogen) atoms. The van der Waals surface area contributed by atoms with Gasteiger partial charge in [-0.2, -0.15) is 0 Å². The number of nitrogens with one attached hydrogen (secondary N) is 1. The molecule has 0 bridgehead atoms. The molecule has 0 radical (unpaired) electrons. The second-order valence-electron chi connectivity index (χ2n) is 6.71. The largest absolute Gasteiger partial charge is 0.480 e. The molecule has 5 nitrogen and oxygen atoms in total. The quantitative estimate of drug-likeness (QED) is 0.749. The zero-order chi connectivity index (χ0) is 15.3. The lowest BCUT2D eigenvalue weighted by Crippen LogP contribution is -2.51. The lowest BCUT2D eigenvalue weighted by molar-refractivity contribution is -0.144. The van der Waals surface area contributed by atoms with Crippen LogP contribution >= 0.6 is 0 Å². The van der Waals surface area contributed by atoms with E-state index in [0.29, 0.717) is 12.0 Å². The molecule has 1 aliphatic heterocycles. The van der Waals surface area contributed by atoms with Crippen molar-refractivity contribution < 1.29 is 14.6 Å². The molecule has 0 aromatic heterocycles. The molecule has 2 rings (SSSR count). The summed E-state index contributed by atoms with van der Waals surface area (Å²) >= 11 is 0. The maximum atomic E-state index is 11.7. The molecule has 1 heterocycles. The van der Waals surface area contributed by atoms with Gasteiger partial charge in [0.25, 0.3) is 0 Å². The van der Waals surface area contributed by atoms with Crippen LogP contribution in [0.1, 0.15) is 45.4 Å². The Balaban J connectivity index is 1.88. The van der Waals surface area contributed by atoms with Crippen molar-refractivity contribution >= 4 is 5.97 Å². The maximum absolute atomic E-state index is 11.7. The van der Waals surface area contributed by atoms with Crippen molar-refractivity contribution in [1.82, 2.24) is 10.2 Å². The Bertz CT molecular complexity index is 344. The van der Waals surface area contributed by atoms with Gasteiger partial charge >= 0.3 is 5.97 Å². The number of hydrogen-bond acceptors (Lipinski definition) is 4. The molecule has 2 atom stereocenters. The van der Waals surface area contributed by atoms with Gasteiger partial charge in [0, 0.05) is 25.8 Å². The van der Waals surface area contributed by atoms with Crippen LogP contribution in [0.3, 0.4) is 0 Å². The van der Waals surface area contributed by atoms with Gasteiger partial charge in [0.15, 0.2) is 0 Å². The second kappa shape index (κ2) is 7.56. The standard InChI is InChI=1S/C16H30N2O3/c1-3-8-17-16(15(19)20)7-4-14(11-16)18(2)12-13-5-9-21-10-6-13/h13-14,17H,3-12H2,1-2H3,(H,19,20). The Morgan fingerprint density at radius 2 is 2.10 bits per heavy atom. The van der Waals surface area contributed by atoms with E-state index < -0.39 is 11.5 Å². The molecule has 0 spiro atoms. The Hall–Kier alpha value is -0.650. The van der Waals surface area contributed by atoms with E-state index >= 15 is 0 Å². The Morgan fingerprint density at radius 3 is 2.71 bits per heavy atom. The van der Waals surface area contributed by atoms with Crippen LogP contribution in [-0.2, 0) is 9.53 Å². The second-order valence-corrected chi connectivity index (χ2v) is 6.71. The number of nitrogens with zero attached hydrogens (tertiary/aromatic N) is 1. The maximum Gasteiger partial charge on any atom is 0.323 e. The summed E-state index contributed by atoms with van der Waals surface area (Å²) in [6, 6.07) is 0.383. The smallest absolute Gasteiger partial charge is 0.323 e. The van der Waals surface area contributed by atoms with Crippen LogP contribution in [0.15, 0.2) is 0 Å². The lowest BCUT2D eigenvalue weighted by atomic mass is 9.96. The van der Waals surface area contributed by atoms with E-state index in [1.54, 1.807) is 0 Å². The summed E-state index contributed by atoms with van der Waals surface area (Å²) < 4.78 is 5.41. The van der Waals surface area contributed by atoms with Gasteiger partial charge in [0.05, 0.1) is 0 Å². The van der Waals surface area contributed by atoms with Crippen LogP contribution < -0.4 is 5.32 Å². The monoisotopic (exact) mass is 298 g/mol. The highest BCUT2D eigenvalue weighted by atomic mass is 16.5. The summed E-state index contributed by atoms with van der Waals surface area (Å²) in [5.74, 6) is 0.0186. The predicted octanol–water partition coefficient (Wildman–Crippen LogP) is 1.72. The van der Waals surface area contributed by atoms with Crippen molar-refractivity contribution in [3.05, 3.63) is 0 Å². The van der Waals surface area contributed by atoms with Gasteiger partial charge in [-0.05, 0) is 58.0 Å². The minimum absolute atomic E-state index is 0.383. The van der Waals surface area contributed by atoms with Crippen molar-refractivity contribution in [3.63, 3.8) is 0 Å². The highest BCUT2D eigenvalue weighted by Crippen LogP contribution is 2.34. The molecule has 1 saturated carbocycles. The zero-order valence-electron chi connectivity index (χ0n) is 13.4. The fourth-order valence-electron chi connectivity index (χ4n) is 3.68. The number of carboxylic acids is 1. The molecule has 0 aromatic rings. The number of ether oxygens (including phenoxy) is 1. The van der Waals surface area contributed by atoms with Crippen LogP contribution in [-0.4, -0.2) is 60.9 Å². The van der Waals surface area contributed by atoms with E-state index in [4.69, 9.17) is 4.74 Å². The summed E-state index contributed by atoms with van der Waals surface area (Å²) in [5.41, 5.74) is -0.704. The zero-order valence-corrected chi connectivity index (χ0v) is 13.4. The number of carbonyl (C=O) groups is 1. The SMILES string of the molecule is CCCNC1(C(=O)O)CCC(N(C)CC2CCOCC2)C1. The van der Waals surface area contributed by atoms with Gasteiger partial charge in [-0.3, -0.25) is 4.79 Å². The van der Waals surface area contributed by atoms with E-state index in [2.05, 4.69) is 24.2 Å². The van der Waals surface area contributed by atoms with Crippen LogP contribution in [0, 0.1) is 5.92 Å². The lowest BCUT2D eigenvalue weighted by Gasteiger charge is -2.32. The van der Waals surface area contributed by atoms with Crippen molar-refractivity contribution in [2.75, 3.05) is 33.4 Å². The van der Waals surface area contributed by atoms with E-state index in [9.17, 15) is 9.90 Å². The molecule has 2 N–H and O–H groups in total. The third kappa shape index (κ3) is 4.18. The fourth-order valence-corrected chi connectivity index (χ4v) is 3.68. The van der Waals surface area contributed by atoms with Crippen LogP contribution in [0.5, 0.6) is 0 Å². The first-order chi connectivity index (χ1) is 10.1. The fraction of sp³-hybridized carbons (Fsp3) is 0.938. The topological polar surface area (TPSA) is 61.8 Å². The van der Waals surface area contributed by atoms with Crippen LogP contribution in [0.2, 0.25) is 0 Å². The molecule has 2 unspecified atom stereocenters. The first-order valence-corrected chi connectivity index (χ1v) is 8.34. The molecule has 0 amide bonds. The van der Waals surface area contributed by atoms with E-state index in [0.717, 1.165) is 64.8 Å². The molecule has 0 aromatic carbocycles. The van der Waals surface area contributed by atoms with Gasteiger partial charge in [-0.15, -0.1) is 0 Å². The normalized spacial score (nSPS) is 30.9. The van der Waals surface area contributed by atoms with E-state index in [1.165, 1.54) is 0 Å². The average Bonchev–Trinajstić information content (AvgIpc) is 2.92. The summed E-state index contributed by atoms with van der Waals surface area (Å²) in [4.78, 5) is 14.1. The summed E-state index contributed by atoms with van der Waals surface area (Å²) in [7, 11) is 2.15. The molecular weight excluding hydrogens is 268 g/mol. The number of aliphatic carboxylic acids is 1. The third-order valence-corrected chi connectivity index (χ3v) is 5.12. The van der Waals surface area contributed by atoms with Crippen molar-refractivity contribution in [2.24, 2.45) is 5.92 Å². The summed E-state index contributed by atoms with van der Waals surface area (Å²) in [6.07, 6.45) is 5.68. The van der Waals surface area contributed by atoms with Crippen LogP contribution in [0.4, 0.5) is 0 Å². The van der Waals surface area contributed by atoms with E-state index in [1.807, 2.05) is 0 Å². The van der Waals surface area contributed by atoms with Crippen molar-refractivity contribution in [1.29, 1.82) is 0 Å². The molecular formula is C16H30N2O3. The number of carboxylic acid groups (broad SMARTS) is 1. The molecule has 2 aliphatic rings. The molecule has 122 valence electrons. The Labute approximate surface area is 128 Å². The highest BCUT2D eigenvalue weighted by molar-refractivity contribution is 5.79. The Kier molecular flexibility index (Phi) is 6.02. The molecule has 2 fully saturated rings. The number of hydrogen-bond donors (Lipinski definition) is 2. The first-order valence-electron chi connectivity index (χ1n) is 8.34. The minimum atomic E-state index is -0.704. The number of rotatable bonds is 7. The van der Waals surface area contributed by atoms with Crippen molar-refractivity contribution in [3.8, 4) is 0 Å². The van der Waals surface area contributed by atoms with Gasteiger partial charge < -0.3 is 20.1 Å².